The van der Waals surface area contributed by atoms with Gasteiger partial charge in [0.15, 0.2) is 0 Å². The highest BCUT2D eigenvalue weighted by atomic mass is 32.1. The van der Waals surface area contributed by atoms with E-state index in [1.54, 1.807) is 11.3 Å². The molecule has 1 aliphatic heterocycles. The molecule has 120 valence electrons. The molecule has 1 unspecified atom stereocenters. The highest BCUT2D eigenvalue weighted by Gasteiger charge is 2.25. The van der Waals surface area contributed by atoms with Crippen molar-refractivity contribution >= 4 is 11.3 Å². The second-order valence-corrected chi connectivity index (χ2v) is 7.10. The van der Waals surface area contributed by atoms with Gasteiger partial charge in [-0.1, -0.05) is 0 Å². The number of rotatable bonds is 6. The number of hydrogen-bond acceptors (Lipinski definition) is 7. The molecule has 0 amide bonds. The van der Waals surface area contributed by atoms with Gasteiger partial charge in [-0.05, 0) is 32.9 Å². The average molecular weight is 321 g/mol. The monoisotopic (exact) mass is 321 g/mol. The minimum absolute atomic E-state index is 0.644. The number of thiazole rings is 1. The minimum atomic E-state index is 0.644. The molecule has 6 nitrogen and oxygen atoms in total. The molecule has 2 aromatic rings. The van der Waals surface area contributed by atoms with Gasteiger partial charge in [0.2, 0.25) is 11.8 Å². The van der Waals surface area contributed by atoms with Gasteiger partial charge in [0, 0.05) is 31.4 Å². The van der Waals surface area contributed by atoms with E-state index in [1.165, 1.54) is 11.3 Å². The summed E-state index contributed by atoms with van der Waals surface area (Å²) in [5.74, 6) is 2.08. The first kappa shape index (κ1) is 15.6. The summed E-state index contributed by atoms with van der Waals surface area (Å²) in [6.45, 7) is 9.03. The highest BCUT2D eigenvalue weighted by Crippen LogP contribution is 2.21. The van der Waals surface area contributed by atoms with Crippen molar-refractivity contribution in [2.45, 2.75) is 33.4 Å². The first-order chi connectivity index (χ1) is 10.6. The van der Waals surface area contributed by atoms with Gasteiger partial charge in [0.25, 0.3) is 0 Å². The van der Waals surface area contributed by atoms with Crippen molar-refractivity contribution in [2.24, 2.45) is 5.92 Å². The standard InChI is InChI=1S/C15H23N5OS/c1-11-14(22-10-16-11)8-19(3)6-13-4-5-20(7-13)9-15-18-17-12(2)21-15/h10,13H,4-9H2,1-3H3. The van der Waals surface area contributed by atoms with Crippen LogP contribution in [-0.4, -0.2) is 51.7 Å². The van der Waals surface area contributed by atoms with Gasteiger partial charge in [-0.15, -0.1) is 21.5 Å². The molecule has 0 saturated carbocycles. The quantitative estimate of drug-likeness (QED) is 0.812. The fourth-order valence-corrected chi connectivity index (χ4v) is 3.88. The molecule has 0 aliphatic carbocycles. The van der Waals surface area contributed by atoms with Crippen molar-refractivity contribution in [2.75, 3.05) is 26.7 Å². The van der Waals surface area contributed by atoms with Crippen LogP contribution in [0.25, 0.3) is 0 Å². The summed E-state index contributed by atoms with van der Waals surface area (Å²) in [4.78, 5) is 10.5. The Kier molecular flexibility index (Phi) is 4.85. The lowest BCUT2D eigenvalue weighted by Gasteiger charge is -2.20. The first-order valence-corrected chi connectivity index (χ1v) is 8.57. The van der Waals surface area contributed by atoms with E-state index in [1.807, 2.05) is 12.4 Å². The second kappa shape index (κ2) is 6.85. The van der Waals surface area contributed by atoms with E-state index >= 15 is 0 Å². The Balaban J connectivity index is 1.45. The summed E-state index contributed by atoms with van der Waals surface area (Å²) in [6, 6.07) is 0. The Morgan fingerprint density at radius 1 is 1.41 bits per heavy atom. The van der Waals surface area contributed by atoms with Gasteiger partial charge in [-0.2, -0.15) is 0 Å². The fourth-order valence-electron chi connectivity index (χ4n) is 3.03. The topological polar surface area (TPSA) is 58.3 Å². The smallest absolute Gasteiger partial charge is 0.230 e. The molecule has 3 heterocycles. The van der Waals surface area contributed by atoms with Crippen molar-refractivity contribution < 1.29 is 4.42 Å². The highest BCUT2D eigenvalue weighted by molar-refractivity contribution is 7.09. The number of aromatic nitrogens is 3. The van der Waals surface area contributed by atoms with Crippen LogP contribution in [0, 0.1) is 19.8 Å². The van der Waals surface area contributed by atoms with Crippen LogP contribution in [0.15, 0.2) is 9.93 Å². The molecule has 0 aromatic carbocycles. The number of likely N-dealkylation sites (tertiary alicyclic amines) is 1. The zero-order valence-electron chi connectivity index (χ0n) is 13.4. The van der Waals surface area contributed by atoms with Crippen LogP contribution in [0.5, 0.6) is 0 Å². The average Bonchev–Trinajstić information content (AvgIpc) is 3.16. The Hall–Kier alpha value is -1.31. The maximum absolute atomic E-state index is 5.47. The number of nitrogens with zero attached hydrogens (tertiary/aromatic N) is 5. The predicted molar refractivity (Wildman–Crippen MR) is 85.6 cm³/mol. The first-order valence-electron chi connectivity index (χ1n) is 7.69. The number of hydrogen-bond donors (Lipinski definition) is 0. The third-order valence-corrected chi connectivity index (χ3v) is 5.04. The molecule has 7 heteroatoms. The maximum Gasteiger partial charge on any atom is 0.230 e. The molecular weight excluding hydrogens is 298 g/mol. The lowest BCUT2D eigenvalue weighted by atomic mass is 10.1. The van der Waals surface area contributed by atoms with E-state index in [0.717, 1.165) is 44.3 Å². The van der Waals surface area contributed by atoms with Gasteiger partial charge in [-0.3, -0.25) is 4.90 Å². The molecule has 1 saturated heterocycles. The minimum Gasteiger partial charge on any atom is -0.424 e. The van der Waals surface area contributed by atoms with E-state index in [-0.39, 0.29) is 0 Å². The molecule has 0 bridgehead atoms. The molecule has 1 fully saturated rings. The molecule has 1 aliphatic rings. The molecule has 1 atom stereocenters. The SMILES string of the molecule is Cc1nnc(CN2CCC(CN(C)Cc3scnc3C)C2)o1. The summed E-state index contributed by atoms with van der Waals surface area (Å²) in [7, 11) is 2.20. The van der Waals surface area contributed by atoms with Gasteiger partial charge >= 0.3 is 0 Å². The van der Waals surface area contributed by atoms with Crippen molar-refractivity contribution in [3.05, 3.63) is 27.9 Å². The molecule has 0 radical (unpaired) electrons. The van der Waals surface area contributed by atoms with E-state index < -0.39 is 0 Å². The van der Waals surface area contributed by atoms with Crippen molar-refractivity contribution in [3.63, 3.8) is 0 Å². The predicted octanol–water partition coefficient (Wildman–Crippen LogP) is 2.10. The second-order valence-electron chi connectivity index (χ2n) is 6.16. The normalized spacial score (nSPS) is 19.4. The molecular formula is C15H23N5OS. The van der Waals surface area contributed by atoms with Crippen LogP contribution in [0.1, 0.15) is 28.8 Å². The Morgan fingerprint density at radius 2 is 2.27 bits per heavy atom. The van der Waals surface area contributed by atoms with Gasteiger partial charge in [-0.25, -0.2) is 4.98 Å². The van der Waals surface area contributed by atoms with Crippen LogP contribution in [0.4, 0.5) is 0 Å². The van der Waals surface area contributed by atoms with Crippen LogP contribution < -0.4 is 0 Å². The summed E-state index contributed by atoms with van der Waals surface area (Å²) in [6.07, 6.45) is 1.24. The van der Waals surface area contributed by atoms with E-state index in [0.29, 0.717) is 11.8 Å². The lowest BCUT2D eigenvalue weighted by Crippen LogP contribution is -2.28. The largest absolute Gasteiger partial charge is 0.424 e. The molecule has 22 heavy (non-hydrogen) atoms. The molecule has 2 aromatic heterocycles. The summed E-state index contributed by atoms with van der Waals surface area (Å²) in [5, 5.41) is 7.97. The third-order valence-electron chi connectivity index (χ3n) is 4.12. The van der Waals surface area contributed by atoms with Crippen molar-refractivity contribution in [1.29, 1.82) is 0 Å². The number of aryl methyl sites for hydroxylation is 2. The lowest BCUT2D eigenvalue weighted by molar-refractivity contribution is 0.244. The zero-order chi connectivity index (χ0) is 15.5. The van der Waals surface area contributed by atoms with Crippen LogP contribution in [-0.2, 0) is 13.1 Å². The van der Waals surface area contributed by atoms with E-state index in [2.05, 4.69) is 39.0 Å². The van der Waals surface area contributed by atoms with Gasteiger partial charge in [0.1, 0.15) is 0 Å². The summed E-state index contributed by atoms with van der Waals surface area (Å²) in [5.41, 5.74) is 3.10. The summed E-state index contributed by atoms with van der Waals surface area (Å²) >= 11 is 1.75. The van der Waals surface area contributed by atoms with Gasteiger partial charge < -0.3 is 9.32 Å². The van der Waals surface area contributed by atoms with E-state index in [4.69, 9.17) is 4.42 Å². The van der Waals surface area contributed by atoms with Crippen molar-refractivity contribution in [3.8, 4) is 0 Å². The molecule has 0 spiro atoms. The Bertz CT molecular complexity index is 611. The van der Waals surface area contributed by atoms with Crippen LogP contribution in [0.2, 0.25) is 0 Å². The summed E-state index contributed by atoms with van der Waals surface area (Å²) < 4.78 is 5.47. The van der Waals surface area contributed by atoms with E-state index in [9.17, 15) is 0 Å². The molecule has 3 rings (SSSR count). The molecule has 0 N–H and O–H groups in total. The third kappa shape index (κ3) is 3.91. The van der Waals surface area contributed by atoms with Crippen molar-refractivity contribution in [1.82, 2.24) is 25.0 Å². The maximum atomic E-state index is 5.47. The van der Waals surface area contributed by atoms with Crippen LogP contribution >= 0.6 is 11.3 Å². The van der Waals surface area contributed by atoms with Crippen LogP contribution in [0.3, 0.4) is 0 Å². The Labute approximate surface area is 135 Å². The fraction of sp³-hybridized carbons (Fsp3) is 0.667. The Morgan fingerprint density at radius 3 is 2.95 bits per heavy atom. The van der Waals surface area contributed by atoms with Gasteiger partial charge in [0.05, 0.1) is 17.7 Å². The zero-order valence-corrected chi connectivity index (χ0v) is 14.3.